The third kappa shape index (κ3) is 5.02. The summed E-state index contributed by atoms with van der Waals surface area (Å²) in [5.41, 5.74) is 9.02. The molecule has 1 aliphatic heterocycles. The summed E-state index contributed by atoms with van der Waals surface area (Å²) in [6.45, 7) is 4.97. The van der Waals surface area contributed by atoms with Crippen molar-refractivity contribution in [1.82, 2.24) is 30.0 Å². The first-order chi connectivity index (χ1) is 18.9. The number of hydrogen-bond acceptors (Lipinski definition) is 7. The zero-order valence-electron chi connectivity index (χ0n) is 21.4. The van der Waals surface area contributed by atoms with Crippen molar-refractivity contribution in [2.45, 2.75) is 25.4 Å². The van der Waals surface area contributed by atoms with Crippen molar-refractivity contribution in [3.63, 3.8) is 0 Å². The van der Waals surface area contributed by atoms with Gasteiger partial charge in [0.2, 0.25) is 5.91 Å². The number of aromatic nitrogens is 4. The third-order valence-electron chi connectivity index (χ3n) is 6.86. The minimum Gasteiger partial charge on any atom is -0.494 e. The van der Waals surface area contributed by atoms with Crippen molar-refractivity contribution in [1.29, 1.82) is 0 Å². The van der Waals surface area contributed by atoms with Crippen LogP contribution < -0.4 is 15.8 Å². The molecule has 11 heteroatoms. The molecule has 5 rings (SSSR count). The second-order valence-corrected chi connectivity index (χ2v) is 9.24. The number of hydrogen-bond donors (Lipinski definition) is 2. The molecule has 39 heavy (non-hydrogen) atoms. The number of amides is 2. The maximum Gasteiger partial charge on any atom is 0.254 e. The SMILES string of the molecule is C=CC(=O)N1CCCC(n2nc(-c3ccc(CNC(=O)c4cccc(OC)c4F)cc3)c3c(N)ncnc32)C1. The molecule has 4 aromatic rings. The van der Waals surface area contributed by atoms with Gasteiger partial charge >= 0.3 is 0 Å². The number of benzene rings is 2. The molecule has 1 aliphatic rings. The minimum atomic E-state index is -0.704. The van der Waals surface area contributed by atoms with Crippen molar-refractivity contribution in [3.05, 3.63) is 78.4 Å². The van der Waals surface area contributed by atoms with E-state index >= 15 is 0 Å². The predicted octanol–water partition coefficient (Wildman–Crippen LogP) is 3.50. The van der Waals surface area contributed by atoms with E-state index in [0.29, 0.717) is 35.6 Å². The number of carbonyl (C=O) groups is 2. The average Bonchev–Trinajstić information content (AvgIpc) is 3.37. The van der Waals surface area contributed by atoms with E-state index in [1.54, 1.807) is 11.0 Å². The van der Waals surface area contributed by atoms with Gasteiger partial charge in [-0.05, 0) is 36.6 Å². The summed E-state index contributed by atoms with van der Waals surface area (Å²) >= 11 is 0. The first kappa shape index (κ1) is 25.8. The Morgan fingerprint density at radius 2 is 2.03 bits per heavy atom. The number of methoxy groups -OCH3 is 1. The van der Waals surface area contributed by atoms with Gasteiger partial charge in [0.1, 0.15) is 17.8 Å². The number of nitrogen functional groups attached to an aromatic ring is 1. The van der Waals surface area contributed by atoms with E-state index in [1.807, 2.05) is 28.9 Å². The number of ether oxygens (including phenoxy) is 1. The number of anilines is 1. The largest absolute Gasteiger partial charge is 0.494 e. The van der Waals surface area contributed by atoms with Crippen LogP contribution in [0.3, 0.4) is 0 Å². The van der Waals surface area contributed by atoms with Crippen LogP contribution in [0.15, 0.2) is 61.4 Å². The van der Waals surface area contributed by atoms with E-state index in [1.165, 1.54) is 31.6 Å². The maximum atomic E-state index is 14.4. The minimum absolute atomic E-state index is 0.00941. The molecule has 0 aliphatic carbocycles. The number of likely N-dealkylation sites (tertiary alicyclic amines) is 1. The van der Waals surface area contributed by atoms with Crippen molar-refractivity contribution < 1.29 is 18.7 Å². The van der Waals surface area contributed by atoms with Crippen LogP contribution in [0.2, 0.25) is 0 Å². The molecule has 0 spiro atoms. The van der Waals surface area contributed by atoms with Crippen molar-refractivity contribution in [2.75, 3.05) is 25.9 Å². The van der Waals surface area contributed by atoms with Gasteiger partial charge in [-0.15, -0.1) is 0 Å². The van der Waals surface area contributed by atoms with Crippen LogP contribution in [0, 0.1) is 5.82 Å². The number of carbonyl (C=O) groups excluding carboxylic acids is 2. The van der Waals surface area contributed by atoms with Gasteiger partial charge in [-0.2, -0.15) is 5.10 Å². The van der Waals surface area contributed by atoms with Crippen molar-refractivity contribution in [3.8, 4) is 17.0 Å². The molecule has 1 unspecified atom stereocenters. The zero-order valence-corrected chi connectivity index (χ0v) is 21.4. The van der Waals surface area contributed by atoms with E-state index in [4.69, 9.17) is 15.6 Å². The molecule has 1 fully saturated rings. The van der Waals surface area contributed by atoms with Crippen LogP contribution in [0.1, 0.15) is 34.8 Å². The lowest BCUT2D eigenvalue weighted by Crippen LogP contribution is -2.40. The van der Waals surface area contributed by atoms with Gasteiger partial charge in [-0.25, -0.2) is 19.0 Å². The van der Waals surface area contributed by atoms with Gasteiger partial charge in [0.15, 0.2) is 17.2 Å². The standard InChI is InChI=1S/C28H28FN7O3/c1-3-22(37)35-13-5-6-19(15-35)36-27-23(26(30)32-16-33-27)25(34-36)18-11-9-17(10-12-18)14-31-28(38)20-7-4-8-21(39-2)24(20)29/h3-4,7-12,16,19H,1,5-6,13-15H2,2H3,(H,31,38)(H2,30,32,33). The molecule has 1 saturated heterocycles. The summed E-state index contributed by atoms with van der Waals surface area (Å²) in [4.78, 5) is 35.2. The van der Waals surface area contributed by atoms with E-state index in [-0.39, 0.29) is 29.8 Å². The Morgan fingerprint density at radius 3 is 2.77 bits per heavy atom. The number of nitrogens with two attached hydrogens (primary N) is 1. The summed E-state index contributed by atoms with van der Waals surface area (Å²) < 4.78 is 21.2. The molecule has 0 saturated carbocycles. The molecule has 3 heterocycles. The summed E-state index contributed by atoms with van der Waals surface area (Å²) in [6.07, 6.45) is 4.41. The normalized spacial score (nSPS) is 15.2. The molecule has 10 nitrogen and oxygen atoms in total. The molecular formula is C28H28FN7O3. The van der Waals surface area contributed by atoms with Crippen LogP contribution >= 0.6 is 0 Å². The fraction of sp³-hybridized carbons (Fsp3) is 0.250. The summed E-state index contributed by atoms with van der Waals surface area (Å²) in [5, 5.41) is 8.26. The molecule has 2 aromatic heterocycles. The third-order valence-corrected chi connectivity index (χ3v) is 6.86. The highest BCUT2D eigenvalue weighted by atomic mass is 19.1. The van der Waals surface area contributed by atoms with Crippen molar-refractivity contribution >= 4 is 28.7 Å². The van der Waals surface area contributed by atoms with E-state index < -0.39 is 11.7 Å². The first-order valence-corrected chi connectivity index (χ1v) is 12.5. The zero-order chi connectivity index (χ0) is 27.5. The summed E-state index contributed by atoms with van der Waals surface area (Å²) in [7, 11) is 1.35. The molecular weight excluding hydrogens is 501 g/mol. The van der Waals surface area contributed by atoms with Gasteiger partial charge in [-0.1, -0.05) is 36.9 Å². The Balaban J connectivity index is 1.38. The summed E-state index contributed by atoms with van der Waals surface area (Å²) in [5.74, 6) is -1.03. The van der Waals surface area contributed by atoms with Crippen LogP contribution in [-0.2, 0) is 11.3 Å². The first-order valence-electron chi connectivity index (χ1n) is 12.5. The van der Waals surface area contributed by atoms with Gasteiger partial charge in [0.25, 0.3) is 5.91 Å². The van der Waals surface area contributed by atoms with Gasteiger partial charge < -0.3 is 20.7 Å². The Kier molecular flexibility index (Phi) is 7.22. The Morgan fingerprint density at radius 1 is 1.23 bits per heavy atom. The topological polar surface area (TPSA) is 128 Å². The lowest BCUT2D eigenvalue weighted by Gasteiger charge is -2.32. The van der Waals surface area contributed by atoms with Gasteiger partial charge in [0.05, 0.1) is 24.1 Å². The highest BCUT2D eigenvalue weighted by molar-refractivity contribution is 5.98. The maximum absolute atomic E-state index is 14.4. The number of piperidine rings is 1. The highest BCUT2D eigenvalue weighted by Gasteiger charge is 2.28. The quantitative estimate of drug-likeness (QED) is 0.351. The fourth-order valence-electron chi connectivity index (χ4n) is 4.84. The van der Waals surface area contributed by atoms with E-state index in [2.05, 4.69) is 21.9 Å². The number of nitrogens with zero attached hydrogens (tertiary/aromatic N) is 5. The summed E-state index contributed by atoms with van der Waals surface area (Å²) in [6, 6.07) is 11.8. The smallest absolute Gasteiger partial charge is 0.254 e. The average molecular weight is 530 g/mol. The number of halogens is 1. The van der Waals surface area contributed by atoms with Gasteiger partial charge in [0, 0.05) is 25.2 Å². The number of nitrogens with one attached hydrogen (secondary N) is 1. The highest BCUT2D eigenvalue weighted by Crippen LogP contribution is 2.34. The van der Waals surface area contributed by atoms with E-state index in [9.17, 15) is 14.0 Å². The second-order valence-electron chi connectivity index (χ2n) is 9.24. The monoisotopic (exact) mass is 529 g/mol. The fourth-order valence-corrected chi connectivity index (χ4v) is 4.84. The van der Waals surface area contributed by atoms with Crippen molar-refractivity contribution in [2.24, 2.45) is 0 Å². The molecule has 200 valence electrons. The lowest BCUT2D eigenvalue weighted by molar-refractivity contribution is -0.127. The molecule has 1 atom stereocenters. The van der Waals surface area contributed by atoms with E-state index in [0.717, 1.165) is 24.0 Å². The second kappa shape index (κ2) is 10.9. The molecule has 3 N–H and O–H groups in total. The molecule has 2 aromatic carbocycles. The Bertz CT molecular complexity index is 1550. The lowest BCUT2D eigenvalue weighted by atomic mass is 10.1. The Labute approximate surface area is 224 Å². The van der Waals surface area contributed by atoms with Crippen LogP contribution in [-0.4, -0.2) is 56.7 Å². The van der Waals surface area contributed by atoms with Gasteiger partial charge in [-0.3, -0.25) is 9.59 Å². The molecule has 0 bridgehead atoms. The number of fused-ring (bicyclic) bond motifs is 1. The van der Waals surface area contributed by atoms with Crippen LogP contribution in [0.5, 0.6) is 5.75 Å². The molecule has 2 amide bonds. The Hall–Kier alpha value is -4.80. The molecule has 0 radical (unpaired) electrons. The predicted molar refractivity (Wildman–Crippen MR) is 144 cm³/mol. The van der Waals surface area contributed by atoms with Crippen LogP contribution in [0.4, 0.5) is 10.2 Å². The number of rotatable bonds is 7. The van der Waals surface area contributed by atoms with Crippen LogP contribution in [0.25, 0.3) is 22.3 Å².